The van der Waals surface area contributed by atoms with Gasteiger partial charge in [0.1, 0.15) is 29.2 Å². The minimum absolute atomic E-state index is 0.222. The molecule has 0 aliphatic rings. The Morgan fingerprint density at radius 3 is 2.21 bits per heavy atom. The van der Waals surface area contributed by atoms with Gasteiger partial charge >= 0.3 is 5.97 Å². The highest BCUT2D eigenvalue weighted by atomic mass is 16.5. The molecule has 0 spiro atoms. The summed E-state index contributed by atoms with van der Waals surface area (Å²) in [5, 5.41) is 23.0. The van der Waals surface area contributed by atoms with Crippen LogP contribution in [0.3, 0.4) is 0 Å². The largest absolute Gasteiger partial charge is 0.491 e. The molecule has 0 aliphatic heterocycles. The van der Waals surface area contributed by atoms with Crippen molar-refractivity contribution in [2.45, 2.75) is 85.3 Å². The molecule has 7 heteroatoms. The summed E-state index contributed by atoms with van der Waals surface area (Å²) in [6.07, 6.45) is 1.02. The van der Waals surface area contributed by atoms with E-state index < -0.39 is 23.5 Å². The zero-order valence-electron chi connectivity index (χ0n) is 23.8. The minimum atomic E-state index is -1.38. The van der Waals surface area contributed by atoms with Gasteiger partial charge in [0.25, 0.3) is 5.91 Å². The fourth-order valence-corrected chi connectivity index (χ4v) is 4.51. The van der Waals surface area contributed by atoms with E-state index in [-0.39, 0.29) is 17.4 Å². The minimum Gasteiger partial charge on any atom is -0.491 e. The number of carboxylic acid groups (broad SMARTS) is 1. The number of nitrogens with one attached hydrogen (secondary N) is 1. The molecule has 3 rings (SSSR count). The maximum Gasteiger partial charge on any atom is 0.328 e. The lowest BCUT2D eigenvalue weighted by atomic mass is 9.73. The van der Waals surface area contributed by atoms with Crippen molar-refractivity contribution in [2.24, 2.45) is 5.41 Å². The third-order valence-electron chi connectivity index (χ3n) is 7.54. The number of carbonyl (C=O) groups is 2. The van der Waals surface area contributed by atoms with Crippen molar-refractivity contribution in [2.75, 3.05) is 6.61 Å². The van der Waals surface area contributed by atoms with E-state index in [1.807, 2.05) is 39.8 Å². The van der Waals surface area contributed by atoms with Gasteiger partial charge in [-0.25, -0.2) is 4.79 Å². The van der Waals surface area contributed by atoms with Crippen molar-refractivity contribution in [3.8, 4) is 5.75 Å². The van der Waals surface area contributed by atoms with Crippen molar-refractivity contribution < 1.29 is 29.0 Å². The second-order valence-corrected chi connectivity index (χ2v) is 11.7. The number of aryl methyl sites for hydroxylation is 1. The number of hydrogen-bond acceptors (Lipinski definition) is 5. The van der Waals surface area contributed by atoms with E-state index >= 15 is 0 Å². The maximum atomic E-state index is 12.7. The number of aliphatic carboxylic acids is 1. The highest BCUT2D eigenvalue weighted by Gasteiger charge is 2.35. The molecule has 0 unspecified atom stereocenters. The topological polar surface area (TPSA) is 109 Å². The van der Waals surface area contributed by atoms with Crippen LogP contribution in [0.2, 0.25) is 0 Å². The molecule has 1 amide bonds. The Morgan fingerprint density at radius 2 is 1.66 bits per heavy atom. The van der Waals surface area contributed by atoms with Gasteiger partial charge in [0.05, 0.1) is 11.5 Å². The standard InChI is InChI=1S/C31H41NO6/c1-9-31(10-2,22-12-14-23(19(3)15-22)37-18-25(33)29(4,5)6)26-17-21-16-20(11-13-24(21)38-26)27(34)32-30(7,8)28(35)36/h11-17,25,33H,9-10,18H2,1-8H3,(H,32,34)(H,35,36)/t25-/m1/s1. The van der Waals surface area contributed by atoms with Gasteiger partial charge in [0.15, 0.2) is 0 Å². The number of carbonyl (C=O) groups excluding carboxylic acids is 1. The maximum absolute atomic E-state index is 12.7. The Kier molecular flexibility index (Phi) is 8.32. The van der Waals surface area contributed by atoms with Crippen molar-refractivity contribution in [3.63, 3.8) is 0 Å². The quantitative estimate of drug-likeness (QED) is 0.291. The van der Waals surface area contributed by atoms with Gasteiger partial charge in [-0.15, -0.1) is 0 Å². The summed E-state index contributed by atoms with van der Waals surface area (Å²) in [6, 6.07) is 13.2. The first-order chi connectivity index (χ1) is 17.6. The molecule has 0 saturated carbocycles. The second-order valence-electron chi connectivity index (χ2n) is 11.7. The van der Waals surface area contributed by atoms with Gasteiger partial charge in [-0.2, -0.15) is 0 Å². The van der Waals surface area contributed by atoms with E-state index in [0.29, 0.717) is 11.1 Å². The van der Waals surface area contributed by atoms with Crippen LogP contribution in [0.25, 0.3) is 11.0 Å². The predicted molar refractivity (Wildman–Crippen MR) is 149 cm³/mol. The summed E-state index contributed by atoms with van der Waals surface area (Å²) in [5.74, 6) is -0.0211. The number of carboxylic acids is 1. The molecule has 3 N–H and O–H groups in total. The first-order valence-corrected chi connectivity index (χ1v) is 13.2. The number of amides is 1. The average molecular weight is 524 g/mol. The van der Waals surface area contributed by atoms with E-state index in [4.69, 9.17) is 9.15 Å². The van der Waals surface area contributed by atoms with Gasteiger partial charge in [-0.3, -0.25) is 4.79 Å². The van der Waals surface area contributed by atoms with Crippen molar-refractivity contribution in [3.05, 3.63) is 64.9 Å². The van der Waals surface area contributed by atoms with E-state index in [9.17, 15) is 19.8 Å². The number of rotatable bonds is 10. The summed E-state index contributed by atoms with van der Waals surface area (Å²) < 4.78 is 12.3. The lowest BCUT2D eigenvalue weighted by Crippen LogP contribution is -2.49. The Morgan fingerprint density at radius 1 is 1.00 bits per heavy atom. The second kappa shape index (κ2) is 10.8. The molecule has 1 aromatic heterocycles. The average Bonchev–Trinajstić information content (AvgIpc) is 3.27. The molecule has 0 aliphatic carbocycles. The van der Waals surface area contributed by atoms with Crippen LogP contribution in [-0.4, -0.2) is 40.3 Å². The van der Waals surface area contributed by atoms with Crippen LogP contribution in [0.15, 0.2) is 46.9 Å². The van der Waals surface area contributed by atoms with Crippen LogP contribution in [-0.2, 0) is 10.2 Å². The van der Waals surface area contributed by atoms with E-state index in [2.05, 4.69) is 31.3 Å². The molecule has 1 atom stereocenters. The van der Waals surface area contributed by atoms with Gasteiger partial charge < -0.3 is 24.7 Å². The Hall–Kier alpha value is -3.32. The fourth-order valence-electron chi connectivity index (χ4n) is 4.51. The van der Waals surface area contributed by atoms with Gasteiger partial charge in [-0.1, -0.05) is 46.8 Å². The predicted octanol–water partition coefficient (Wildman–Crippen LogP) is 6.23. The summed E-state index contributed by atoms with van der Waals surface area (Å²) in [7, 11) is 0. The molecule has 0 bridgehead atoms. The van der Waals surface area contributed by atoms with Crippen molar-refractivity contribution in [1.29, 1.82) is 0 Å². The van der Waals surface area contributed by atoms with Crippen LogP contribution in [0.5, 0.6) is 5.75 Å². The van der Waals surface area contributed by atoms with Crippen LogP contribution >= 0.6 is 0 Å². The lowest BCUT2D eigenvalue weighted by Gasteiger charge is -2.31. The zero-order valence-corrected chi connectivity index (χ0v) is 23.8. The van der Waals surface area contributed by atoms with Gasteiger partial charge in [0, 0.05) is 10.9 Å². The van der Waals surface area contributed by atoms with E-state index in [1.165, 1.54) is 13.8 Å². The monoisotopic (exact) mass is 523 g/mol. The molecular formula is C31H41NO6. The summed E-state index contributed by atoms with van der Waals surface area (Å²) >= 11 is 0. The molecule has 1 heterocycles. The molecule has 0 saturated heterocycles. The molecule has 2 aromatic carbocycles. The molecule has 0 fully saturated rings. The highest BCUT2D eigenvalue weighted by molar-refractivity contribution is 6.00. The number of hydrogen-bond donors (Lipinski definition) is 3. The molecule has 3 aromatic rings. The number of aliphatic hydroxyl groups is 1. The molecule has 206 valence electrons. The third-order valence-corrected chi connectivity index (χ3v) is 7.54. The van der Waals surface area contributed by atoms with Crippen LogP contribution < -0.4 is 10.1 Å². The van der Waals surface area contributed by atoms with Crippen LogP contribution in [0, 0.1) is 12.3 Å². The number of furan rings is 1. The van der Waals surface area contributed by atoms with Gasteiger partial charge in [0.2, 0.25) is 0 Å². The Bertz CT molecular complexity index is 1310. The first-order valence-electron chi connectivity index (χ1n) is 13.2. The first kappa shape index (κ1) is 29.2. The van der Waals surface area contributed by atoms with Crippen molar-refractivity contribution in [1.82, 2.24) is 5.32 Å². The number of ether oxygens (including phenoxy) is 1. The third kappa shape index (κ3) is 5.88. The summed E-state index contributed by atoms with van der Waals surface area (Å²) in [4.78, 5) is 24.1. The van der Waals surface area contributed by atoms with Crippen LogP contribution in [0.4, 0.5) is 0 Å². The number of aliphatic hydroxyl groups excluding tert-OH is 1. The SMILES string of the molecule is CCC(CC)(c1ccc(OC[C@@H](O)C(C)(C)C)c(C)c1)c1cc2cc(C(=O)NC(C)(C)C(=O)O)ccc2o1. The fraction of sp³-hybridized carbons (Fsp3) is 0.484. The Balaban J connectivity index is 1.93. The number of fused-ring (bicyclic) bond motifs is 1. The smallest absolute Gasteiger partial charge is 0.328 e. The molecule has 38 heavy (non-hydrogen) atoms. The van der Waals surface area contributed by atoms with Gasteiger partial charge in [-0.05, 0) is 80.5 Å². The van der Waals surface area contributed by atoms with E-state index in [1.54, 1.807) is 18.2 Å². The molecule has 0 radical (unpaired) electrons. The normalized spacial score (nSPS) is 13.4. The molecule has 7 nitrogen and oxygen atoms in total. The van der Waals surface area contributed by atoms with Crippen LogP contribution in [0.1, 0.15) is 88.6 Å². The summed E-state index contributed by atoms with van der Waals surface area (Å²) in [6.45, 7) is 15.3. The van der Waals surface area contributed by atoms with E-state index in [0.717, 1.165) is 40.9 Å². The Labute approximate surface area is 225 Å². The highest BCUT2D eigenvalue weighted by Crippen LogP contribution is 2.42. The molecular weight excluding hydrogens is 482 g/mol. The number of benzene rings is 2. The summed E-state index contributed by atoms with van der Waals surface area (Å²) in [5.41, 5.74) is 1.07. The zero-order chi connectivity index (χ0) is 28.5. The van der Waals surface area contributed by atoms with Crippen molar-refractivity contribution >= 4 is 22.8 Å². The lowest BCUT2D eigenvalue weighted by molar-refractivity contribution is -0.143.